The van der Waals surface area contributed by atoms with Crippen molar-refractivity contribution in [2.45, 2.75) is 58.1 Å². The third-order valence-corrected chi connectivity index (χ3v) is 4.72. The predicted octanol–water partition coefficient (Wildman–Crippen LogP) is 4.14. The van der Waals surface area contributed by atoms with Gasteiger partial charge in [-0.05, 0) is 56.2 Å². The molecule has 0 heterocycles. The minimum Gasteiger partial charge on any atom is -0.389 e. The molecule has 1 atom stereocenters. The fourth-order valence-corrected chi connectivity index (χ4v) is 3.14. The summed E-state index contributed by atoms with van der Waals surface area (Å²) in [4.78, 5) is 2.41. The van der Waals surface area contributed by atoms with Gasteiger partial charge < -0.3 is 10.0 Å². The average Bonchev–Trinajstić information content (AvgIpc) is 2.46. The van der Waals surface area contributed by atoms with Crippen molar-refractivity contribution >= 4 is 5.69 Å². The van der Waals surface area contributed by atoms with Gasteiger partial charge in [-0.25, -0.2) is 0 Å². The molecule has 106 valence electrons. The van der Waals surface area contributed by atoms with E-state index in [0.29, 0.717) is 6.04 Å². The van der Waals surface area contributed by atoms with Crippen molar-refractivity contribution in [1.29, 1.82) is 0 Å². The molecule has 1 N–H and O–H groups in total. The number of benzene rings is 1. The lowest BCUT2D eigenvalue weighted by atomic mass is 9.84. The van der Waals surface area contributed by atoms with E-state index in [4.69, 9.17) is 0 Å². The molecule has 1 fully saturated rings. The molecule has 0 spiro atoms. The second kappa shape index (κ2) is 6.42. The summed E-state index contributed by atoms with van der Waals surface area (Å²) in [5.41, 5.74) is 2.26. The highest BCUT2D eigenvalue weighted by atomic mass is 16.3. The van der Waals surface area contributed by atoms with E-state index in [0.717, 1.165) is 11.5 Å². The average molecular weight is 261 g/mol. The molecule has 0 bridgehead atoms. The van der Waals surface area contributed by atoms with Gasteiger partial charge in [0, 0.05) is 18.8 Å². The monoisotopic (exact) mass is 261 g/mol. The smallest absolute Gasteiger partial charge is 0.0761 e. The Labute approximate surface area is 117 Å². The number of rotatable bonds is 4. The van der Waals surface area contributed by atoms with Crippen LogP contribution in [0.5, 0.6) is 0 Å². The van der Waals surface area contributed by atoms with E-state index in [9.17, 15) is 5.11 Å². The summed E-state index contributed by atoms with van der Waals surface area (Å²) in [5, 5.41) is 9.54. The summed E-state index contributed by atoms with van der Waals surface area (Å²) < 4.78 is 0. The highest BCUT2D eigenvalue weighted by molar-refractivity contribution is 5.48. The van der Waals surface area contributed by atoms with Crippen LogP contribution in [0.25, 0.3) is 0 Å². The molecule has 0 amide bonds. The van der Waals surface area contributed by atoms with E-state index < -0.39 is 0 Å². The van der Waals surface area contributed by atoms with Crippen LogP contribution in [0.1, 0.15) is 57.6 Å². The van der Waals surface area contributed by atoms with Crippen LogP contribution in [0.4, 0.5) is 5.69 Å². The van der Waals surface area contributed by atoms with Gasteiger partial charge in [-0.3, -0.25) is 0 Å². The lowest BCUT2D eigenvalue weighted by Crippen LogP contribution is -2.35. The van der Waals surface area contributed by atoms with Crippen LogP contribution in [-0.2, 0) is 0 Å². The Morgan fingerprint density at radius 1 is 1.16 bits per heavy atom. The molecule has 0 unspecified atom stereocenters. The Hall–Kier alpha value is -1.02. The third-order valence-electron chi connectivity index (χ3n) is 4.72. The van der Waals surface area contributed by atoms with Crippen LogP contribution in [0.3, 0.4) is 0 Å². The van der Waals surface area contributed by atoms with Crippen molar-refractivity contribution in [3.8, 4) is 0 Å². The second-order valence-electron chi connectivity index (χ2n) is 5.96. The molecule has 0 radical (unpaired) electrons. The van der Waals surface area contributed by atoms with Crippen LogP contribution in [0, 0.1) is 5.92 Å². The lowest BCUT2D eigenvalue weighted by Gasteiger charge is -2.36. The quantitative estimate of drug-likeness (QED) is 0.880. The first-order valence-corrected chi connectivity index (χ1v) is 7.62. The predicted molar refractivity (Wildman–Crippen MR) is 81.5 cm³/mol. The molecule has 2 heteroatoms. The van der Waals surface area contributed by atoms with Crippen molar-refractivity contribution < 1.29 is 5.11 Å². The normalized spacial score (nSPS) is 25.1. The zero-order chi connectivity index (χ0) is 13.8. The number of hydrogen-bond donors (Lipinski definition) is 1. The number of anilines is 1. The maximum Gasteiger partial charge on any atom is 0.0761 e. The Morgan fingerprint density at radius 3 is 2.21 bits per heavy atom. The number of aliphatic hydroxyl groups excluding tert-OH is 1. The first-order valence-electron chi connectivity index (χ1n) is 7.62. The zero-order valence-corrected chi connectivity index (χ0v) is 12.5. The molecule has 1 saturated carbocycles. The van der Waals surface area contributed by atoms with Gasteiger partial charge in [0.2, 0.25) is 0 Å². The third kappa shape index (κ3) is 3.50. The molecule has 1 aliphatic carbocycles. The van der Waals surface area contributed by atoms with Crippen LogP contribution >= 0.6 is 0 Å². The minimum atomic E-state index is -0.376. The Bertz CT molecular complexity index is 377. The van der Waals surface area contributed by atoms with Crippen LogP contribution in [0.15, 0.2) is 24.3 Å². The molecule has 2 rings (SSSR count). The highest BCUT2D eigenvalue weighted by Crippen LogP contribution is 2.31. The van der Waals surface area contributed by atoms with E-state index in [2.05, 4.69) is 31.0 Å². The van der Waals surface area contributed by atoms with E-state index in [1.807, 2.05) is 19.1 Å². The van der Waals surface area contributed by atoms with Crippen molar-refractivity contribution in [3.05, 3.63) is 29.8 Å². The highest BCUT2D eigenvalue weighted by Gasteiger charge is 2.23. The number of hydrogen-bond acceptors (Lipinski definition) is 2. The van der Waals surface area contributed by atoms with Crippen LogP contribution < -0.4 is 4.90 Å². The van der Waals surface area contributed by atoms with Crippen molar-refractivity contribution in [2.24, 2.45) is 5.92 Å². The summed E-state index contributed by atoms with van der Waals surface area (Å²) in [7, 11) is 2.20. The molecule has 1 aromatic rings. The van der Waals surface area contributed by atoms with Crippen molar-refractivity contribution in [1.82, 2.24) is 0 Å². The molecule has 19 heavy (non-hydrogen) atoms. The summed E-state index contributed by atoms with van der Waals surface area (Å²) in [5.74, 6) is 0.947. The van der Waals surface area contributed by atoms with Gasteiger partial charge in [0.15, 0.2) is 0 Å². The van der Waals surface area contributed by atoms with Crippen molar-refractivity contribution in [3.63, 3.8) is 0 Å². The molecule has 0 aliphatic heterocycles. The minimum absolute atomic E-state index is 0.376. The van der Waals surface area contributed by atoms with Gasteiger partial charge in [0.05, 0.1) is 6.10 Å². The summed E-state index contributed by atoms with van der Waals surface area (Å²) >= 11 is 0. The first-order chi connectivity index (χ1) is 9.11. The van der Waals surface area contributed by atoms with Crippen LogP contribution in [0.2, 0.25) is 0 Å². The Morgan fingerprint density at radius 2 is 1.74 bits per heavy atom. The van der Waals surface area contributed by atoms with Gasteiger partial charge >= 0.3 is 0 Å². The topological polar surface area (TPSA) is 23.5 Å². The maximum atomic E-state index is 9.54. The fourth-order valence-electron chi connectivity index (χ4n) is 3.14. The van der Waals surface area contributed by atoms with Gasteiger partial charge in [0.25, 0.3) is 0 Å². The molecule has 0 saturated heterocycles. The molecule has 0 aromatic heterocycles. The molecule has 2 nitrogen and oxygen atoms in total. The fraction of sp³-hybridized carbons (Fsp3) is 0.647. The number of nitrogens with zero attached hydrogens (tertiary/aromatic N) is 1. The van der Waals surface area contributed by atoms with Crippen molar-refractivity contribution in [2.75, 3.05) is 11.9 Å². The summed E-state index contributed by atoms with van der Waals surface area (Å²) in [6.07, 6.45) is 6.33. The zero-order valence-electron chi connectivity index (χ0n) is 12.5. The SMILES string of the molecule is CCC1CCC(N(C)c2ccc([C@H](C)O)cc2)CC1. The number of aliphatic hydroxyl groups is 1. The molecule has 1 aliphatic rings. The molecule has 1 aromatic carbocycles. The van der Waals surface area contributed by atoms with Gasteiger partial charge in [-0.1, -0.05) is 25.5 Å². The Kier molecular flexibility index (Phi) is 4.87. The van der Waals surface area contributed by atoms with Gasteiger partial charge in [-0.2, -0.15) is 0 Å². The first kappa shape index (κ1) is 14.4. The summed E-state index contributed by atoms with van der Waals surface area (Å²) in [6.45, 7) is 4.12. The van der Waals surface area contributed by atoms with Crippen LogP contribution in [-0.4, -0.2) is 18.2 Å². The van der Waals surface area contributed by atoms with E-state index in [1.165, 1.54) is 37.8 Å². The lowest BCUT2D eigenvalue weighted by molar-refractivity contribution is 0.199. The largest absolute Gasteiger partial charge is 0.389 e. The Balaban J connectivity index is 1.97. The van der Waals surface area contributed by atoms with Gasteiger partial charge in [0.1, 0.15) is 0 Å². The summed E-state index contributed by atoms with van der Waals surface area (Å²) in [6, 6.07) is 9.02. The van der Waals surface area contributed by atoms with E-state index >= 15 is 0 Å². The standard InChI is InChI=1S/C17H27NO/c1-4-14-5-9-16(10-6-14)18(3)17-11-7-15(8-12-17)13(2)19/h7-8,11-14,16,19H,4-6,9-10H2,1-3H3/t13-,14?,16?/m0/s1. The maximum absolute atomic E-state index is 9.54. The van der Waals surface area contributed by atoms with E-state index in [-0.39, 0.29) is 6.10 Å². The molecular weight excluding hydrogens is 234 g/mol. The molecular formula is C17H27NO. The second-order valence-corrected chi connectivity index (χ2v) is 5.96. The van der Waals surface area contributed by atoms with Gasteiger partial charge in [-0.15, -0.1) is 0 Å². The van der Waals surface area contributed by atoms with E-state index in [1.54, 1.807) is 0 Å².